The van der Waals surface area contributed by atoms with Gasteiger partial charge in [-0.3, -0.25) is 10.3 Å². The van der Waals surface area contributed by atoms with Crippen LogP contribution in [0.1, 0.15) is 40.7 Å². The van der Waals surface area contributed by atoms with E-state index in [4.69, 9.17) is 21.2 Å². The second-order valence-corrected chi connectivity index (χ2v) is 7.25. The fourth-order valence-corrected chi connectivity index (χ4v) is 3.18. The highest BCUT2D eigenvalue weighted by molar-refractivity contribution is 6.34. The van der Waals surface area contributed by atoms with Gasteiger partial charge >= 0.3 is 5.97 Å². The summed E-state index contributed by atoms with van der Waals surface area (Å²) in [5.74, 6) is -1.50. The monoisotopic (exact) mass is 441 g/mol. The zero-order valence-electron chi connectivity index (χ0n) is 16.9. The maximum atomic E-state index is 12.6. The summed E-state index contributed by atoms with van der Waals surface area (Å²) in [5.41, 5.74) is 4.32. The number of hydrogen-bond acceptors (Lipinski definition) is 6. The highest BCUT2D eigenvalue weighted by atomic mass is 35.5. The normalized spacial score (nSPS) is 16.5. The van der Waals surface area contributed by atoms with E-state index in [9.17, 15) is 15.0 Å². The standard InChI is InChI=1S/C24H24ClNO5/c25-23-19-14-18(26-31-16-17-10-6-5-7-11-17)12-8-3-1-2-4-9-13-30-24(29)22(19)20(27)15-21(23)28/h2,4-8,10-12,14-15,26-28H,1,3,9,13,16H2/b4-2?,12-8?,18-14-. The SMILES string of the molecule is O=C1OCCC=CCCC=C/C(NOCc2ccccc2)=C/c2c(Cl)c(O)cc(O)c21. The first-order valence-electron chi connectivity index (χ1n) is 9.92. The van der Waals surface area contributed by atoms with Crippen LogP contribution in [0.4, 0.5) is 0 Å². The number of cyclic esters (lactones) is 1. The fourth-order valence-electron chi connectivity index (χ4n) is 2.98. The number of rotatable bonds is 4. The molecule has 0 aromatic heterocycles. The van der Waals surface area contributed by atoms with Crippen molar-refractivity contribution in [3.63, 3.8) is 0 Å². The average molecular weight is 442 g/mol. The predicted molar refractivity (Wildman–Crippen MR) is 120 cm³/mol. The lowest BCUT2D eigenvalue weighted by atomic mass is 10.0. The average Bonchev–Trinajstić information content (AvgIpc) is 2.76. The number of ether oxygens (including phenoxy) is 1. The van der Waals surface area contributed by atoms with Crippen molar-refractivity contribution in [1.82, 2.24) is 5.48 Å². The first kappa shape index (κ1) is 22.5. The van der Waals surface area contributed by atoms with E-state index in [1.807, 2.05) is 48.6 Å². The summed E-state index contributed by atoms with van der Waals surface area (Å²) in [5, 5.41) is 20.3. The van der Waals surface area contributed by atoms with Crippen molar-refractivity contribution < 1.29 is 24.6 Å². The van der Waals surface area contributed by atoms with Crippen molar-refractivity contribution in [2.24, 2.45) is 0 Å². The number of aromatic hydroxyl groups is 2. The van der Waals surface area contributed by atoms with Gasteiger partial charge in [0.25, 0.3) is 0 Å². The first-order chi connectivity index (χ1) is 15.1. The summed E-state index contributed by atoms with van der Waals surface area (Å²) in [6, 6.07) is 10.6. The van der Waals surface area contributed by atoms with E-state index in [0.29, 0.717) is 18.7 Å². The highest BCUT2D eigenvalue weighted by Crippen LogP contribution is 2.38. The molecule has 3 N–H and O–H groups in total. The molecule has 0 aliphatic carbocycles. The van der Waals surface area contributed by atoms with E-state index >= 15 is 0 Å². The molecule has 0 unspecified atom stereocenters. The maximum Gasteiger partial charge on any atom is 0.342 e. The van der Waals surface area contributed by atoms with Gasteiger partial charge in [0.2, 0.25) is 0 Å². The van der Waals surface area contributed by atoms with Gasteiger partial charge in [0.15, 0.2) is 0 Å². The van der Waals surface area contributed by atoms with Gasteiger partial charge in [0.05, 0.1) is 23.9 Å². The van der Waals surface area contributed by atoms with Crippen LogP contribution in [-0.2, 0) is 16.2 Å². The summed E-state index contributed by atoms with van der Waals surface area (Å²) in [6.07, 6.45) is 11.4. The maximum absolute atomic E-state index is 12.6. The van der Waals surface area contributed by atoms with Gasteiger partial charge in [-0.05, 0) is 37.0 Å². The van der Waals surface area contributed by atoms with E-state index in [1.165, 1.54) is 6.08 Å². The zero-order valence-corrected chi connectivity index (χ0v) is 17.6. The Hall–Kier alpha value is -3.22. The van der Waals surface area contributed by atoms with Crippen LogP contribution >= 0.6 is 11.6 Å². The molecule has 0 saturated heterocycles. The molecule has 2 aromatic rings. The molecule has 3 rings (SSSR count). The number of benzene rings is 2. The Morgan fingerprint density at radius 3 is 2.58 bits per heavy atom. The molecule has 7 heteroatoms. The Morgan fingerprint density at radius 2 is 1.77 bits per heavy atom. The number of phenolic OH excluding ortho intramolecular Hbond substituents is 2. The molecule has 0 saturated carbocycles. The third-order valence-corrected chi connectivity index (χ3v) is 4.91. The van der Waals surface area contributed by atoms with Gasteiger partial charge in [-0.1, -0.05) is 60.2 Å². The fraction of sp³-hybridized carbons (Fsp3) is 0.208. The lowest BCUT2D eigenvalue weighted by molar-refractivity contribution is 0.0506. The van der Waals surface area contributed by atoms with Crippen molar-refractivity contribution in [2.45, 2.75) is 25.9 Å². The minimum Gasteiger partial charge on any atom is -0.507 e. The summed E-state index contributed by atoms with van der Waals surface area (Å²) in [6.45, 7) is 0.472. The molecule has 1 heterocycles. The van der Waals surface area contributed by atoms with Crippen LogP contribution in [-0.4, -0.2) is 22.8 Å². The second kappa shape index (κ2) is 11.2. The number of fused-ring (bicyclic) bond motifs is 1. The quantitative estimate of drug-likeness (QED) is 0.340. The Kier molecular flexibility index (Phi) is 8.15. The van der Waals surface area contributed by atoms with Crippen molar-refractivity contribution in [3.8, 4) is 11.5 Å². The minimum atomic E-state index is -0.732. The summed E-state index contributed by atoms with van der Waals surface area (Å²) in [7, 11) is 0. The Bertz CT molecular complexity index is 999. The first-order valence-corrected chi connectivity index (χ1v) is 10.3. The van der Waals surface area contributed by atoms with Gasteiger partial charge in [0, 0.05) is 11.6 Å². The number of hydrogen-bond donors (Lipinski definition) is 3. The van der Waals surface area contributed by atoms with Gasteiger partial charge in [-0.2, -0.15) is 0 Å². The Morgan fingerprint density at radius 1 is 1.03 bits per heavy atom. The smallest absolute Gasteiger partial charge is 0.342 e. The molecule has 162 valence electrons. The molecule has 1 aliphatic rings. The molecular weight excluding hydrogens is 418 g/mol. The number of allylic oxidation sites excluding steroid dienone is 3. The van der Waals surface area contributed by atoms with E-state index < -0.39 is 11.7 Å². The van der Waals surface area contributed by atoms with Crippen LogP contribution in [0.2, 0.25) is 5.02 Å². The third kappa shape index (κ3) is 6.38. The van der Waals surface area contributed by atoms with Crippen molar-refractivity contribution in [1.29, 1.82) is 0 Å². The number of halogens is 1. The van der Waals surface area contributed by atoms with Crippen LogP contribution in [0, 0.1) is 0 Å². The molecule has 0 spiro atoms. The predicted octanol–water partition coefficient (Wildman–Crippen LogP) is 5.27. The molecule has 0 bridgehead atoms. The lowest BCUT2D eigenvalue weighted by Crippen LogP contribution is -2.14. The second-order valence-electron chi connectivity index (χ2n) is 6.87. The number of phenols is 2. The molecule has 0 fully saturated rings. The molecule has 31 heavy (non-hydrogen) atoms. The molecule has 2 aromatic carbocycles. The molecule has 6 nitrogen and oxygen atoms in total. The van der Waals surface area contributed by atoms with Gasteiger partial charge in [-0.15, -0.1) is 0 Å². The summed E-state index contributed by atoms with van der Waals surface area (Å²) in [4.78, 5) is 18.2. The topological polar surface area (TPSA) is 88.0 Å². The highest BCUT2D eigenvalue weighted by Gasteiger charge is 2.22. The van der Waals surface area contributed by atoms with Gasteiger partial charge in [-0.25, -0.2) is 4.79 Å². The van der Waals surface area contributed by atoms with E-state index in [2.05, 4.69) is 5.48 Å². The Labute approximate surface area is 186 Å². The molecule has 0 radical (unpaired) electrons. The molecule has 0 amide bonds. The Balaban J connectivity index is 1.95. The number of carbonyl (C=O) groups is 1. The summed E-state index contributed by atoms with van der Waals surface area (Å²) < 4.78 is 5.27. The minimum absolute atomic E-state index is 0.0764. The number of nitrogens with one attached hydrogen (secondary N) is 1. The number of esters is 1. The lowest BCUT2D eigenvalue weighted by Gasteiger charge is -2.14. The van der Waals surface area contributed by atoms with Crippen LogP contribution in [0.15, 0.2) is 66.4 Å². The van der Waals surface area contributed by atoms with Gasteiger partial charge < -0.3 is 14.9 Å². The van der Waals surface area contributed by atoms with Crippen molar-refractivity contribution in [2.75, 3.05) is 6.61 Å². The third-order valence-electron chi connectivity index (χ3n) is 4.52. The van der Waals surface area contributed by atoms with Crippen LogP contribution < -0.4 is 5.48 Å². The van der Waals surface area contributed by atoms with Crippen LogP contribution in [0.3, 0.4) is 0 Å². The molecular formula is C24H24ClNO5. The summed E-state index contributed by atoms with van der Waals surface area (Å²) >= 11 is 6.28. The van der Waals surface area contributed by atoms with Gasteiger partial charge in [0.1, 0.15) is 17.1 Å². The van der Waals surface area contributed by atoms with Crippen molar-refractivity contribution >= 4 is 23.6 Å². The van der Waals surface area contributed by atoms with Crippen LogP contribution in [0.5, 0.6) is 11.5 Å². The number of carbonyl (C=O) groups excluding carboxylic acids is 1. The van der Waals surface area contributed by atoms with E-state index in [1.54, 1.807) is 6.08 Å². The van der Waals surface area contributed by atoms with E-state index in [-0.39, 0.29) is 28.5 Å². The zero-order chi connectivity index (χ0) is 22.1. The molecule has 1 aliphatic heterocycles. The number of hydroxylamine groups is 1. The van der Waals surface area contributed by atoms with Crippen molar-refractivity contribution in [3.05, 3.63) is 88.1 Å². The van der Waals surface area contributed by atoms with Crippen LogP contribution in [0.25, 0.3) is 6.08 Å². The largest absolute Gasteiger partial charge is 0.507 e. The molecule has 0 atom stereocenters. The van der Waals surface area contributed by atoms with E-state index in [0.717, 1.165) is 24.5 Å².